The first-order valence-corrected chi connectivity index (χ1v) is 9.93. The summed E-state index contributed by atoms with van der Waals surface area (Å²) in [5.41, 5.74) is 2.18. The summed E-state index contributed by atoms with van der Waals surface area (Å²) >= 11 is 0. The van der Waals surface area contributed by atoms with Crippen LogP contribution >= 0.6 is 0 Å². The zero-order valence-electron chi connectivity index (χ0n) is 18.0. The number of hydrogen-bond acceptors (Lipinski definition) is 6. The van der Waals surface area contributed by atoms with Crippen LogP contribution in [0.1, 0.15) is 38.6 Å². The fourth-order valence-corrected chi connectivity index (χ4v) is 2.56. The van der Waals surface area contributed by atoms with Gasteiger partial charge in [-0.1, -0.05) is 32.0 Å². The van der Waals surface area contributed by atoms with Crippen LogP contribution in [0.2, 0.25) is 0 Å². The van der Waals surface area contributed by atoms with E-state index in [0.717, 1.165) is 11.1 Å². The van der Waals surface area contributed by atoms with E-state index in [-0.39, 0.29) is 24.3 Å². The van der Waals surface area contributed by atoms with Gasteiger partial charge in [-0.15, -0.1) is 0 Å². The van der Waals surface area contributed by atoms with E-state index in [0.29, 0.717) is 23.2 Å². The third-order valence-corrected chi connectivity index (χ3v) is 4.29. The molecule has 0 spiro atoms. The van der Waals surface area contributed by atoms with Crippen molar-refractivity contribution >= 4 is 23.4 Å². The maximum atomic E-state index is 12.1. The Morgan fingerprint density at radius 3 is 2.39 bits per heavy atom. The number of benzene rings is 1. The Labute approximate surface area is 180 Å². The van der Waals surface area contributed by atoms with Gasteiger partial charge in [0, 0.05) is 35.8 Å². The van der Waals surface area contributed by atoms with E-state index < -0.39 is 6.03 Å². The van der Waals surface area contributed by atoms with Crippen molar-refractivity contribution < 1.29 is 14.1 Å². The number of urea groups is 1. The number of pyridine rings is 1. The lowest BCUT2D eigenvalue weighted by atomic mass is 9.97. The molecule has 3 aromatic rings. The van der Waals surface area contributed by atoms with E-state index in [1.807, 2.05) is 33.8 Å². The summed E-state index contributed by atoms with van der Waals surface area (Å²) in [6.45, 7) is 8.11. The SMILES string of the molecule is Cc1ccc(NC(=O)CCNC(=O)Nc2ccc(-c3noc(C(C)(C)C)n3)cc2)nc1. The number of amides is 3. The molecule has 9 heteroatoms. The van der Waals surface area contributed by atoms with Crippen molar-refractivity contribution in [3.8, 4) is 11.4 Å². The number of aromatic nitrogens is 3. The average Bonchev–Trinajstić information content (AvgIpc) is 3.21. The molecule has 0 saturated carbocycles. The van der Waals surface area contributed by atoms with Crippen LogP contribution < -0.4 is 16.0 Å². The Kier molecular flexibility index (Phi) is 6.64. The minimum Gasteiger partial charge on any atom is -0.338 e. The lowest BCUT2D eigenvalue weighted by Crippen LogP contribution is -2.31. The number of nitrogens with zero attached hydrogens (tertiary/aromatic N) is 3. The summed E-state index contributed by atoms with van der Waals surface area (Å²) in [6, 6.07) is 10.3. The quantitative estimate of drug-likeness (QED) is 0.554. The summed E-state index contributed by atoms with van der Waals surface area (Å²) in [7, 11) is 0. The van der Waals surface area contributed by atoms with Crippen molar-refractivity contribution in [1.29, 1.82) is 0 Å². The van der Waals surface area contributed by atoms with E-state index in [4.69, 9.17) is 4.52 Å². The molecule has 1 aromatic carbocycles. The molecule has 0 aliphatic heterocycles. The number of hydrogen-bond donors (Lipinski definition) is 3. The molecule has 0 unspecified atom stereocenters. The molecule has 3 rings (SSSR count). The summed E-state index contributed by atoms with van der Waals surface area (Å²) < 4.78 is 5.31. The van der Waals surface area contributed by atoms with Gasteiger partial charge in [0.15, 0.2) is 0 Å². The highest BCUT2D eigenvalue weighted by atomic mass is 16.5. The Hall–Kier alpha value is -3.75. The average molecular weight is 422 g/mol. The van der Waals surface area contributed by atoms with Crippen LogP contribution in [0.15, 0.2) is 47.1 Å². The van der Waals surface area contributed by atoms with E-state index in [9.17, 15) is 9.59 Å². The Morgan fingerprint density at radius 2 is 1.77 bits per heavy atom. The number of carbonyl (C=O) groups excluding carboxylic acids is 2. The molecule has 162 valence electrons. The first-order chi connectivity index (χ1) is 14.7. The molecule has 0 aliphatic carbocycles. The maximum Gasteiger partial charge on any atom is 0.319 e. The van der Waals surface area contributed by atoms with E-state index in [1.54, 1.807) is 36.5 Å². The first kappa shape index (κ1) is 21.9. The molecule has 0 aliphatic rings. The zero-order chi connectivity index (χ0) is 22.4. The van der Waals surface area contributed by atoms with Gasteiger partial charge in [-0.3, -0.25) is 4.79 Å². The lowest BCUT2D eigenvalue weighted by Gasteiger charge is -2.10. The maximum absolute atomic E-state index is 12.1. The molecule has 2 heterocycles. The Bertz CT molecular complexity index is 1040. The monoisotopic (exact) mass is 422 g/mol. The third kappa shape index (κ3) is 6.36. The zero-order valence-corrected chi connectivity index (χ0v) is 18.0. The summed E-state index contributed by atoms with van der Waals surface area (Å²) in [6.07, 6.45) is 1.81. The molecule has 0 fully saturated rings. The van der Waals surface area contributed by atoms with Gasteiger partial charge in [0.1, 0.15) is 5.82 Å². The predicted molar refractivity (Wildman–Crippen MR) is 118 cm³/mol. The molecule has 2 aromatic heterocycles. The molecule has 31 heavy (non-hydrogen) atoms. The molecule has 0 saturated heterocycles. The second-order valence-electron chi connectivity index (χ2n) is 8.15. The molecular formula is C22H26N6O3. The fraction of sp³-hybridized carbons (Fsp3) is 0.318. The van der Waals surface area contributed by atoms with Crippen LogP contribution in [-0.4, -0.2) is 33.6 Å². The van der Waals surface area contributed by atoms with Crippen LogP contribution in [-0.2, 0) is 10.2 Å². The van der Waals surface area contributed by atoms with Crippen LogP contribution in [0.4, 0.5) is 16.3 Å². The number of rotatable bonds is 6. The second-order valence-corrected chi connectivity index (χ2v) is 8.15. The molecule has 3 amide bonds. The van der Waals surface area contributed by atoms with Gasteiger partial charge in [-0.25, -0.2) is 9.78 Å². The standard InChI is InChI=1S/C22H26N6O3/c1-14-5-10-17(24-13-14)26-18(29)11-12-23-21(30)25-16-8-6-15(7-9-16)19-27-20(31-28-19)22(2,3)4/h5-10,13H,11-12H2,1-4H3,(H2,23,25,30)(H,24,26,29). The second kappa shape index (κ2) is 9.38. The van der Waals surface area contributed by atoms with Gasteiger partial charge in [-0.2, -0.15) is 4.98 Å². The van der Waals surface area contributed by atoms with Gasteiger partial charge < -0.3 is 20.5 Å². The number of carbonyl (C=O) groups is 2. The Morgan fingerprint density at radius 1 is 1.03 bits per heavy atom. The van der Waals surface area contributed by atoms with Crippen LogP contribution in [0.5, 0.6) is 0 Å². The smallest absolute Gasteiger partial charge is 0.319 e. The topological polar surface area (TPSA) is 122 Å². The summed E-state index contributed by atoms with van der Waals surface area (Å²) in [4.78, 5) is 32.5. The van der Waals surface area contributed by atoms with E-state index in [1.165, 1.54) is 0 Å². The Balaban J connectivity index is 1.44. The number of aryl methyl sites for hydroxylation is 1. The van der Waals surface area contributed by atoms with Gasteiger partial charge >= 0.3 is 6.03 Å². The summed E-state index contributed by atoms with van der Waals surface area (Å²) in [5, 5.41) is 12.1. The van der Waals surface area contributed by atoms with E-state index >= 15 is 0 Å². The summed E-state index contributed by atoms with van der Waals surface area (Å²) in [5.74, 6) is 1.31. The molecule has 3 N–H and O–H groups in total. The molecule has 9 nitrogen and oxygen atoms in total. The molecule has 0 bridgehead atoms. The first-order valence-electron chi connectivity index (χ1n) is 9.93. The van der Waals surface area contributed by atoms with Gasteiger partial charge in [0.05, 0.1) is 0 Å². The third-order valence-electron chi connectivity index (χ3n) is 4.29. The van der Waals surface area contributed by atoms with Crippen molar-refractivity contribution in [2.45, 2.75) is 39.5 Å². The van der Waals surface area contributed by atoms with Gasteiger partial charge in [-0.05, 0) is 42.8 Å². The van der Waals surface area contributed by atoms with Crippen LogP contribution in [0.25, 0.3) is 11.4 Å². The highest BCUT2D eigenvalue weighted by Gasteiger charge is 2.22. The van der Waals surface area contributed by atoms with Crippen molar-refractivity contribution in [2.75, 3.05) is 17.2 Å². The fourth-order valence-electron chi connectivity index (χ4n) is 2.56. The molecular weight excluding hydrogens is 396 g/mol. The minimum atomic E-state index is -0.399. The molecule has 0 atom stereocenters. The minimum absolute atomic E-state index is 0.135. The number of nitrogens with one attached hydrogen (secondary N) is 3. The predicted octanol–water partition coefficient (Wildman–Crippen LogP) is 3.89. The largest absolute Gasteiger partial charge is 0.338 e. The number of anilines is 2. The van der Waals surface area contributed by atoms with Gasteiger partial charge in [0.2, 0.25) is 17.6 Å². The van der Waals surface area contributed by atoms with Crippen LogP contribution in [0, 0.1) is 6.92 Å². The molecule has 0 radical (unpaired) electrons. The van der Waals surface area contributed by atoms with Crippen molar-refractivity contribution in [1.82, 2.24) is 20.4 Å². The van der Waals surface area contributed by atoms with Crippen molar-refractivity contribution in [2.24, 2.45) is 0 Å². The highest BCUT2D eigenvalue weighted by Crippen LogP contribution is 2.24. The normalized spacial score (nSPS) is 11.1. The van der Waals surface area contributed by atoms with E-state index in [2.05, 4.69) is 31.1 Å². The van der Waals surface area contributed by atoms with Crippen molar-refractivity contribution in [3.05, 3.63) is 54.0 Å². The highest BCUT2D eigenvalue weighted by molar-refractivity contribution is 5.92. The van der Waals surface area contributed by atoms with Gasteiger partial charge in [0.25, 0.3) is 0 Å². The van der Waals surface area contributed by atoms with Crippen LogP contribution in [0.3, 0.4) is 0 Å². The van der Waals surface area contributed by atoms with Crippen molar-refractivity contribution in [3.63, 3.8) is 0 Å². The lowest BCUT2D eigenvalue weighted by molar-refractivity contribution is -0.116.